The number of phenolic OH excluding ortho intramolecular Hbond substituents is 3. The van der Waals surface area contributed by atoms with Crippen molar-refractivity contribution in [1.82, 2.24) is 0 Å². The largest absolute Gasteiger partial charge is 0.508 e. The molecule has 15 heteroatoms. The van der Waals surface area contributed by atoms with Crippen LogP contribution in [0.4, 0.5) is 0 Å². The van der Waals surface area contributed by atoms with Crippen molar-refractivity contribution in [2.24, 2.45) is 0 Å². The standard InChI is InChI=1S/C27H30O15/c28-7-15-20(34)23(37)26(42-27-24(38)22(36)19(33)16(8-29)41-27)25(40-15)18-12(32)6-14-17(21(18)35)11(31)5-13(39-14)9-1-3-10(30)4-2-9/h1-6,15-16,19-20,22-30,32-38H,7-8H2/t15-,16-,19-,20-,22+,23+,24-,25+,26-,27+/m1/s1. The number of hydrogen-bond donors (Lipinski definition) is 10. The number of phenols is 3. The predicted molar refractivity (Wildman–Crippen MR) is 138 cm³/mol. The molecular formula is C27H30O15. The van der Waals surface area contributed by atoms with Crippen molar-refractivity contribution in [3.8, 4) is 28.6 Å². The van der Waals surface area contributed by atoms with Crippen LogP contribution >= 0.6 is 0 Å². The number of aliphatic hydroxyl groups is 7. The maximum Gasteiger partial charge on any atom is 0.197 e. The van der Waals surface area contributed by atoms with Crippen molar-refractivity contribution in [2.45, 2.75) is 61.2 Å². The fourth-order valence-electron chi connectivity index (χ4n) is 5.16. The van der Waals surface area contributed by atoms with E-state index >= 15 is 0 Å². The van der Waals surface area contributed by atoms with Gasteiger partial charge in [0.2, 0.25) is 0 Å². The van der Waals surface area contributed by atoms with Gasteiger partial charge >= 0.3 is 0 Å². The maximum atomic E-state index is 13.1. The molecule has 0 aliphatic carbocycles. The molecule has 2 aliphatic heterocycles. The van der Waals surface area contributed by atoms with E-state index in [1.54, 1.807) is 0 Å². The maximum absolute atomic E-state index is 13.1. The van der Waals surface area contributed by atoms with Crippen LogP contribution in [0.1, 0.15) is 11.7 Å². The van der Waals surface area contributed by atoms with Crippen LogP contribution in [0.15, 0.2) is 45.6 Å². The first-order valence-corrected chi connectivity index (χ1v) is 12.9. The Morgan fingerprint density at radius 2 is 1.38 bits per heavy atom. The number of benzene rings is 2. The van der Waals surface area contributed by atoms with Gasteiger partial charge in [0.05, 0.1) is 18.8 Å². The molecule has 1 aromatic heterocycles. The van der Waals surface area contributed by atoms with E-state index in [0.717, 1.165) is 12.1 Å². The zero-order valence-electron chi connectivity index (χ0n) is 21.7. The molecule has 0 amide bonds. The molecular weight excluding hydrogens is 564 g/mol. The minimum Gasteiger partial charge on any atom is -0.508 e. The van der Waals surface area contributed by atoms with Crippen molar-refractivity contribution < 1.29 is 69.7 Å². The van der Waals surface area contributed by atoms with Gasteiger partial charge in [0.15, 0.2) is 11.7 Å². The van der Waals surface area contributed by atoms with Gasteiger partial charge in [-0.05, 0) is 24.3 Å². The fourth-order valence-corrected chi connectivity index (χ4v) is 5.16. The molecule has 2 saturated heterocycles. The summed E-state index contributed by atoms with van der Waals surface area (Å²) in [6.45, 7) is -1.62. The van der Waals surface area contributed by atoms with Crippen LogP contribution in [0.25, 0.3) is 22.3 Å². The first-order valence-electron chi connectivity index (χ1n) is 12.9. The summed E-state index contributed by atoms with van der Waals surface area (Å²) < 4.78 is 22.4. The summed E-state index contributed by atoms with van der Waals surface area (Å²) in [7, 11) is 0. The van der Waals surface area contributed by atoms with Crippen molar-refractivity contribution in [1.29, 1.82) is 0 Å². The zero-order chi connectivity index (χ0) is 30.5. The van der Waals surface area contributed by atoms with Gasteiger partial charge in [-0.15, -0.1) is 0 Å². The zero-order valence-corrected chi connectivity index (χ0v) is 21.7. The SMILES string of the molecule is O=c1cc(-c2ccc(O)cc2)oc2cc(O)c([C@@H]3O[C@H](CO)[C@@H](O)[C@H](O)[C@H]3O[C@@H]3O[C@H](CO)[C@@H](O)[C@H](O)[C@H]3O)c(O)c12. The van der Waals surface area contributed by atoms with Crippen LogP contribution in [0, 0.1) is 0 Å². The lowest BCUT2D eigenvalue weighted by Crippen LogP contribution is -2.62. The highest BCUT2D eigenvalue weighted by atomic mass is 16.7. The molecule has 0 unspecified atom stereocenters. The van der Waals surface area contributed by atoms with Crippen LogP contribution in [0.5, 0.6) is 17.2 Å². The predicted octanol–water partition coefficient (Wildman–Crippen LogP) is -2.08. The minimum absolute atomic E-state index is 0.0247. The van der Waals surface area contributed by atoms with Crippen LogP contribution in [0.3, 0.4) is 0 Å². The summed E-state index contributed by atoms with van der Waals surface area (Å²) in [6, 6.07) is 7.75. The highest BCUT2D eigenvalue weighted by Crippen LogP contribution is 2.46. The van der Waals surface area contributed by atoms with Crippen LogP contribution in [-0.2, 0) is 14.2 Å². The summed E-state index contributed by atoms with van der Waals surface area (Å²) >= 11 is 0. The molecule has 2 fully saturated rings. The van der Waals surface area contributed by atoms with E-state index in [0.29, 0.717) is 5.56 Å². The van der Waals surface area contributed by atoms with Gasteiger partial charge in [-0.1, -0.05) is 0 Å². The van der Waals surface area contributed by atoms with E-state index < -0.39 is 102 Å². The van der Waals surface area contributed by atoms with E-state index in [1.165, 1.54) is 24.3 Å². The topological polar surface area (TPSA) is 260 Å². The molecule has 0 saturated carbocycles. The third kappa shape index (κ3) is 5.20. The van der Waals surface area contributed by atoms with E-state index in [1.807, 2.05) is 0 Å². The lowest BCUT2D eigenvalue weighted by atomic mass is 9.89. The third-order valence-corrected chi connectivity index (χ3v) is 7.45. The smallest absolute Gasteiger partial charge is 0.197 e. The normalized spacial score (nSPS) is 33.6. The van der Waals surface area contributed by atoms with E-state index in [4.69, 9.17) is 18.6 Å². The molecule has 42 heavy (non-hydrogen) atoms. The summed E-state index contributed by atoms with van der Waals surface area (Å²) in [5.41, 5.74) is -1.10. The monoisotopic (exact) mass is 594 g/mol. The van der Waals surface area contributed by atoms with Gasteiger partial charge in [0, 0.05) is 17.7 Å². The Bertz CT molecular complexity index is 1470. The Labute approximate surface area is 236 Å². The summed E-state index contributed by atoms with van der Waals surface area (Å²) in [6.07, 6.45) is -17.4. The van der Waals surface area contributed by atoms with E-state index in [-0.39, 0.29) is 17.1 Å². The molecule has 3 heterocycles. The Balaban J connectivity index is 1.58. The lowest BCUT2D eigenvalue weighted by molar-refractivity contribution is -0.342. The van der Waals surface area contributed by atoms with E-state index in [2.05, 4.69) is 0 Å². The third-order valence-electron chi connectivity index (χ3n) is 7.45. The van der Waals surface area contributed by atoms with Crippen molar-refractivity contribution >= 4 is 11.0 Å². The van der Waals surface area contributed by atoms with Crippen LogP contribution < -0.4 is 5.43 Å². The molecule has 3 aromatic rings. The molecule has 0 bridgehead atoms. The highest BCUT2D eigenvalue weighted by molar-refractivity contribution is 5.88. The Hall–Kier alpha value is -3.35. The number of aromatic hydroxyl groups is 3. The van der Waals surface area contributed by atoms with Gasteiger partial charge in [-0.3, -0.25) is 4.79 Å². The molecule has 2 aromatic carbocycles. The van der Waals surface area contributed by atoms with Gasteiger partial charge in [-0.2, -0.15) is 0 Å². The van der Waals surface area contributed by atoms with Crippen LogP contribution in [0.2, 0.25) is 0 Å². The second-order valence-corrected chi connectivity index (χ2v) is 10.1. The number of hydrogen-bond acceptors (Lipinski definition) is 15. The minimum atomic E-state index is -1.92. The number of rotatable bonds is 6. The van der Waals surface area contributed by atoms with Crippen LogP contribution in [-0.4, -0.2) is 119 Å². The van der Waals surface area contributed by atoms with E-state index in [9.17, 15) is 55.9 Å². The first kappa shape index (κ1) is 30.1. The Morgan fingerprint density at radius 3 is 2.02 bits per heavy atom. The fraction of sp³-hybridized carbons (Fsp3) is 0.444. The molecule has 2 aliphatic rings. The molecule has 5 rings (SSSR count). The molecule has 228 valence electrons. The number of ether oxygens (including phenoxy) is 3. The van der Waals surface area contributed by atoms with Gasteiger partial charge in [0.25, 0.3) is 0 Å². The molecule has 10 atom stereocenters. The molecule has 0 spiro atoms. The van der Waals surface area contributed by atoms with Gasteiger partial charge < -0.3 is 69.7 Å². The summed E-state index contributed by atoms with van der Waals surface area (Å²) in [5.74, 6) is -1.53. The number of aliphatic hydroxyl groups excluding tert-OH is 7. The molecule has 15 nitrogen and oxygen atoms in total. The average Bonchev–Trinajstić information content (AvgIpc) is 2.96. The molecule has 10 N–H and O–H groups in total. The highest BCUT2D eigenvalue weighted by Gasteiger charge is 2.52. The van der Waals surface area contributed by atoms with Gasteiger partial charge in [0.1, 0.15) is 88.9 Å². The van der Waals surface area contributed by atoms with Gasteiger partial charge in [-0.25, -0.2) is 0 Å². The summed E-state index contributed by atoms with van der Waals surface area (Å²) in [4.78, 5) is 13.1. The molecule has 0 radical (unpaired) electrons. The Kier molecular flexibility index (Phi) is 8.41. The lowest BCUT2D eigenvalue weighted by Gasteiger charge is -2.46. The first-order chi connectivity index (χ1) is 20.0. The van der Waals surface area contributed by atoms with Crippen molar-refractivity contribution in [3.05, 3.63) is 52.2 Å². The average molecular weight is 595 g/mol. The van der Waals surface area contributed by atoms with Crippen molar-refractivity contribution in [2.75, 3.05) is 13.2 Å². The summed E-state index contributed by atoms with van der Waals surface area (Å²) in [5, 5.41) is 103. The quantitative estimate of drug-likeness (QED) is 0.147. The Morgan fingerprint density at radius 1 is 0.762 bits per heavy atom. The second kappa shape index (κ2) is 11.7. The second-order valence-electron chi connectivity index (χ2n) is 10.1. The van der Waals surface area contributed by atoms with Crippen molar-refractivity contribution in [3.63, 3.8) is 0 Å². The number of fused-ring (bicyclic) bond motifs is 1.